The first kappa shape index (κ1) is 15.8. The number of halogens is 1. The van der Waals surface area contributed by atoms with E-state index in [4.69, 9.17) is 13.9 Å². The lowest BCUT2D eigenvalue weighted by atomic mass is 10.0. The highest BCUT2D eigenvalue weighted by Gasteiger charge is 2.29. The van der Waals surface area contributed by atoms with Crippen molar-refractivity contribution in [3.63, 3.8) is 0 Å². The molecule has 1 atom stereocenters. The van der Waals surface area contributed by atoms with Crippen LogP contribution >= 0.6 is 0 Å². The quantitative estimate of drug-likeness (QED) is 0.917. The third-order valence-corrected chi connectivity index (χ3v) is 4.13. The zero-order chi connectivity index (χ0) is 16.2. The Balaban J connectivity index is 2.05. The van der Waals surface area contributed by atoms with E-state index in [1.165, 1.54) is 13.2 Å². The normalized spacial score (nSPS) is 17.0. The topological polar surface area (TPSA) is 46.9 Å². The Bertz CT molecular complexity index is 640. The van der Waals surface area contributed by atoms with E-state index in [0.29, 0.717) is 17.1 Å². The van der Waals surface area contributed by atoms with Crippen LogP contribution in [-0.4, -0.2) is 45.3 Å². The van der Waals surface area contributed by atoms with Gasteiger partial charge in [0.2, 0.25) is 0 Å². The van der Waals surface area contributed by atoms with Crippen LogP contribution in [0.3, 0.4) is 0 Å². The van der Waals surface area contributed by atoms with Crippen molar-refractivity contribution < 1.29 is 18.3 Å². The van der Waals surface area contributed by atoms with E-state index in [2.05, 4.69) is 10.2 Å². The molecule has 1 N–H and O–H groups in total. The first-order chi connectivity index (χ1) is 11.2. The van der Waals surface area contributed by atoms with Gasteiger partial charge in [0.25, 0.3) is 0 Å². The smallest absolute Gasteiger partial charge is 0.163 e. The second kappa shape index (κ2) is 7.02. The maximum Gasteiger partial charge on any atom is 0.163 e. The molecule has 0 saturated carbocycles. The monoisotopic (exact) mass is 320 g/mol. The molecule has 1 aliphatic heterocycles. The van der Waals surface area contributed by atoms with Gasteiger partial charge in [-0.25, -0.2) is 4.39 Å². The van der Waals surface area contributed by atoms with Crippen molar-refractivity contribution in [1.29, 1.82) is 0 Å². The Morgan fingerprint density at radius 3 is 2.48 bits per heavy atom. The van der Waals surface area contributed by atoms with Crippen LogP contribution in [0.15, 0.2) is 34.9 Å². The Morgan fingerprint density at radius 2 is 1.87 bits per heavy atom. The number of hydrogen-bond acceptors (Lipinski definition) is 5. The minimum absolute atomic E-state index is 0.285. The molecule has 3 rings (SSSR count). The lowest BCUT2D eigenvalue weighted by molar-refractivity contribution is 0.176. The van der Waals surface area contributed by atoms with Crippen LogP contribution in [0.5, 0.6) is 11.5 Å². The molecule has 0 amide bonds. The molecule has 2 aromatic rings. The number of rotatable bonds is 5. The number of hydrogen-bond donors (Lipinski definition) is 1. The van der Waals surface area contributed by atoms with Crippen molar-refractivity contribution in [2.24, 2.45) is 0 Å². The maximum absolute atomic E-state index is 14.7. The number of benzene rings is 1. The maximum atomic E-state index is 14.7. The summed E-state index contributed by atoms with van der Waals surface area (Å²) < 4.78 is 30.8. The average molecular weight is 320 g/mol. The summed E-state index contributed by atoms with van der Waals surface area (Å²) >= 11 is 0. The molecule has 0 radical (unpaired) electrons. The fraction of sp³-hybridized carbons (Fsp3) is 0.412. The van der Waals surface area contributed by atoms with Crippen molar-refractivity contribution in [3.05, 3.63) is 47.7 Å². The fourth-order valence-electron chi connectivity index (χ4n) is 3.00. The van der Waals surface area contributed by atoms with Crippen LogP contribution in [0.25, 0.3) is 0 Å². The largest absolute Gasteiger partial charge is 0.493 e. The van der Waals surface area contributed by atoms with Crippen LogP contribution < -0.4 is 14.8 Å². The van der Waals surface area contributed by atoms with Crippen LogP contribution in [0.2, 0.25) is 0 Å². The summed E-state index contributed by atoms with van der Waals surface area (Å²) in [6.07, 6.45) is 1.61. The standard InChI is InChI=1S/C17H21FN2O3/c1-21-15-10-12(13(18)11-16(15)22-2)17(14-4-3-9-23-14)20-7-5-19-6-8-20/h3-4,9-11,17,19H,5-8H2,1-2H3/t17-/m0/s1. The highest BCUT2D eigenvalue weighted by Crippen LogP contribution is 2.37. The van der Waals surface area contributed by atoms with Gasteiger partial charge in [-0.1, -0.05) is 0 Å². The molecular weight excluding hydrogens is 299 g/mol. The van der Waals surface area contributed by atoms with E-state index in [9.17, 15) is 4.39 Å². The first-order valence-electron chi connectivity index (χ1n) is 7.64. The van der Waals surface area contributed by atoms with Gasteiger partial charge >= 0.3 is 0 Å². The molecule has 23 heavy (non-hydrogen) atoms. The first-order valence-corrected chi connectivity index (χ1v) is 7.64. The fourth-order valence-corrected chi connectivity index (χ4v) is 3.00. The number of methoxy groups -OCH3 is 2. The van der Waals surface area contributed by atoms with Crippen molar-refractivity contribution in [3.8, 4) is 11.5 Å². The Labute approximate surface area is 135 Å². The van der Waals surface area contributed by atoms with Gasteiger partial charge < -0.3 is 19.2 Å². The zero-order valence-electron chi connectivity index (χ0n) is 13.3. The molecule has 124 valence electrons. The lowest BCUT2D eigenvalue weighted by Gasteiger charge is -2.34. The molecule has 0 unspecified atom stereocenters. The van der Waals surface area contributed by atoms with E-state index in [1.54, 1.807) is 19.4 Å². The molecule has 0 bridgehead atoms. The Morgan fingerprint density at radius 1 is 1.17 bits per heavy atom. The highest BCUT2D eigenvalue weighted by molar-refractivity contribution is 5.46. The van der Waals surface area contributed by atoms with Crippen LogP contribution in [0.1, 0.15) is 17.4 Å². The summed E-state index contributed by atoms with van der Waals surface area (Å²) in [7, 11) is 3.05. The van der Waals surface area contributed by atoms with Crippen molar-refractivity contribution in [1.82, 2.24) is 10.2 Å². The number of nitrogens with zero attached hydrogens (tertiary/aromatic N) is 1. The summed E-state index contributed by atoms with van der Waals surface area (Å²) in [6, 6.07) is 6.48. The second-order valence-corrected chi connectivity index (χ2v) is 5.43. The summed E-state index contributed by atoms with van der Waals surface area (Å²) in [5.41, 5.74) is 0.527. The zero-order valence-corrected chi connectivity index (χ0v) is 13.3. The van der Waals surface area contributed by atoms with Gasteiger partial charge in [-0.2, -0.15) is 0 Å². The van der Waals surface area contributed by atoms with Gasteiger partial charge in [0.05, 0.1) is 26.5 Å². The third-order valence-electron chi connectivity index (χ3n) is 4.13. The van der Waals surface area contributed by atoms with E-state index in [-0.39, 0.29) is 11.9 Å². The molecule has 2 heterocycles. The minimum atomic E-state index is -0.331. The molecule has 0 spiro atoms. The van der Waals surface area contributed by atoms with Gasteiger partial charge in [-0.05, 0) is 18.2 Å². The molecule has 1 fully saturated rings. The van der Waals surface area contributed by atoms with Crippen molar-refractivity contribution >= 4 is 0 Å². The molecule has 1 aromatic heterocycles. The van der Waals surface area contributed by atoms with E-state index in [1.807, 2.05) is 12.1 Å². The molecular formula is C17H21FN2O3. The third kappa shape index (κ3) is 3.18. The average Bonchev–Trinajstić information content (AvgIpc) is 3.11. The number of nitrogens with one attached hydrogen (secondary N) is 1. The van der Waals surface area contributed by atoms with Gasteiger partial charge in [0, 0.05) is 37.8 Å². The van der Waals surface area contributed by atoms with Gasteiger partial charge in [-0.15, -0.1) is 0 Å². The van der Waals surface area contributed by atoms with Crippen LogP contribution in [0.4, 0.5) is 4.39 Å². The number of ether oxygens (including phenoxy) is 2. The lowest BCUT2D eigenvalue weighted by Crippen LogP contribution is -2.45. The molecule has 0 aliphatic carbocycles. The van der Waals surface area contributed by atoms with Gasteiger partial charge in [0.15, 0.2) is 11.5 Å². The van der Waals surface area contributed by atoms with Crippen LogP contribution in [0, 0.1) is 5.82 Å². The number of furan rings is 1. The molecule has 5 nitrogen and oxygen atoms in total. The summed E-state index contributed by atoms with van der Waals surface area (Å²) in [5.74, 6) is 1.28. The van der Waals surface area contributed by atoms with E-state index >= 15 is 0 Å². The summed E-state index contributed by atoms with van der Waals surface area (Å²) in [5, 5.41) is 3.31. The Hall–Kier alpha value is -2.05. The summed E-state index contributed by atoms with van der Waals surface area (Å²) in [6.45, 7) is 3.37. The predicted molar refractivity (Wildman–Crippen MR) is 84.5 cm³/mol. The molecule has 1 aromatic carbocycles. The summed E-state index contributed by atoms with van der Waals surface area (Å²) in [4.78, 5) is 2.21. The minimum Gasteiger partial charge on any atom is -0.493 e. The SMILES string of the molecule is COc1cc(F)c([C@@H](c2ccco2)N2CCNCC2)cc1OC. The highest BCUT2D eigenvalue weighted by atomic mass is 19.1. The van der Waals surface area contributed by atoms with Crippen LogP contribution in [-0.2, 0) is 0 Å². The number of piperazine rings is 1. The van der Waals surface area contributed by atoms with Gasteiger partial charge in [0.1, 0.15) is 11.6 Å². The Kier molecular flexibility index (Phi) is 4.83. The van der Waals surface area contributed by atoms with Crippen molar-refractivity contribution in [2.75, 3.05) is 40.4 Å². The van der Waals surface area contributed by atoms with E-state index in [0.717, 1.165) is 31.9 Å². The van der Waals surface area contributed by atoms with E-state index < -0.39 is 0 Å². The molecule has 1 saturated heterocycles. The molecule has 6 heteroatoms. The van der Waals surface area contributed by atoms with Gasteiger partial charge in [-0.3, -0.25) is 4.90 Å². The predicted octanol–water partition coefficient (Wildman–Crippen LogP) is 2.43. The van der Waals surface area contributed by atoms with Crippen molar-refractivity contribution in [2.45, 2.75) is 6.04 Å². The second-order valence-electron chi connectivity index (χ2n) is 5.43. The molecule has 1 aliphatic rings.